The van der Waals surface area contributed by atoms with Crippen LogP contribution in [0.25, 0.3) is 10.9 Å². The number of benzene rings is 1. The number of halogens is 1. The van der Waals surface area contributed by atoms with E-state index in [1.165, 1.54) is 12.3 Å². The van der Waals surface area contributed by atoms with Crippen LogP contribution < -0.4 is 15.8 Å². The number of fused-ring (bicyclic) bond motifs is 1. The highest BCUT2D eigenvalue weighted by molar-refractivity contribution is 6.35. The maximum absolute atomic E-state index is 11.0. The van der Waals surface area contributed by atoms with Crippen molar-refractivity contribution in [2.24, 2.45) is 11.1 Å². The number of anilines is 1. The van der Waals surface area contributed by atoms with Crippen LogP contribution in [0.2, 0.25) is 5.02 Å². The molecule has 0 spiro atoms. The number of nitrogens with one attached hydrogen (secondary N) is 1. The first-order chi connectivity index (χ1) is 10.7. The van der Waals surface area contributed by atoms with Gasteiger partial charge in [-0.25, -0.2) is 4.79 Å². The fourth-order valence-corrected chi connectivity index (χ4v) is 2.30. The van der Waals surface area contributed by atoms with Crippen LogP contribution in [0.1, 0.15) is 26.3 Å². The van der Waals surface area contributed by atoms with Crippen molar-refractivity contribution in [1.82, 2.24) is 4.98 Å². The van der Waals surface area contributed by atoms with Crippen LogP contribution in [0.5, 0.6) is 5.75 Å². The summed E-state index contributed by atoms with van der Waals surface area (Å²) in [6, 6.07) is 5.15. The van der Waals surface area contributed by atoms with Gasteiger partial charge in [0.2, 0.25) is 0 Å². The van der Waals surface area contributed by atoms with E-state index in [0.717, 1.165) is 0 Å². The minimum Gasteiger partial charge on any atom is -0.410 e. The average Bonchev–Trinajstić information content (AvgIpc) is 2.43. The molecule has 7 heteroatoms. The zero-order chi connectivity index (χ0) is 17.2. The number of nitrogens with zero attached hydrogens (tertiary/aromatic N) is 2. The summed E-state index contributed by atoms with van der Waals surface area (Å²) in [4.78, 5) is 15.2. The van der Waals surface area contributed by atoms with Gasteiger partial charge in [-0.3, -0.25) is 4.98 Å². The maximum atomic E-state index is 11.0. The molecule has 2 aromatic rings. The maximum Gasteiger partial charge on any atom is 0.409 e. The largest absolute Gasteiger partial charge is 0.410 e. The van der Waals surface area contributed by atoms with Crippen LogP contribution in [0, 0.1) is 16.7 Å². The van der Waals surface area contributed by atoms with Gasteiger partial charge in [0.05, 0.1) is 21.8 Å². The number of amides is 1. The van der Waals surface area contributed by atoms with Crippen molar-refractivity contribution in [2.75, 3.05) is 11.9 Å². The number of pyridine rings is 1. The molecule has 0 unspecified atom stereocenters. The van der Waals surface area contributed by atoms with Gasteiger partial charge in [0, 0.05) is 24.2 Å². The van der Waals surface area contributed by atoms with Gasteiger partial charge in [0.15, 0.2) is 0 Å². The van der Waals surface area contributed by atoms with Crippen LogP contribution in [0.15, 0.2) is 18.3 Å². The first kappa shape index (κ1) is 16.8. The summed E-state index contributed by atoms with van der Waals surface area (Å²) in [6.07, 6.45) is 0.530. The first-order valence-corrected chi connectivity index (χ1v) is 7.32. The molecule has 0 aliphatic heterocycles. The lowest BCUT2D eigenvalue weighted by Crippen LogP contribution is -2.20. The number of carbonyl (C=O) groups excluding carboxylic acids is 1. The average molecular weight is 333 g/mol. The highest BCUT2D eigenvalue weighted by atomic mass is 35.5. The van der Waals surface area contributed by atoms with E-state index in [-0.39, 0.29) is 11.2 Å². The van der Waals surface area contributed by atoms with Gasteiger partial charge in [0.25, 0.3) is 0 Å². The minimum atomic E-state index is -0.936. The Morgan fingerprint density at radius 1 is 1.48 bits per heavy atom. The number of nitriles is 1. The highest BCUT2D eigenvalue weighted by Crippen LogP contribution is 2.34. The molecule has 1 aromatic heterocycles. The van der Waals surface area contributed by atoms with E-state index in [9.17, 15) is 10.1 Å². The molecule has 0 saturated carbocycles. The zero-order valence-electron chi connectivity index (χ0n) is 13.1. The second kappa shape index (κ2) is 6.31. The topological polar surface area (TPSA) is 101 Å². The van der Waals surface area contributed by atoms with Crippen molar-refractivity contribution >= 4 is 34.3 Å². The molecule has 120 valence electrons. The molecule has 0 bridgehead atoms. The summed E-state index contributed by atoms with van der Waals surface area (Å²) in [5.74, 6) is 0.200. The lowest BCUT2D eigenvalue weighted by Gasteiger charge is -2.21. The van der Waals surface area contributed by atoms with Gasteiger partial charge >= 0.3 is 6.09 Å². The third-order valence-corrected chi connectivity index (χ3v) is 3.32. The number of aromatic nitrogens is 1. The van der Waals surface area contributed by atoms with E-state index in [2.05, 4.69) is 37.1 Å². The lowest BCUT2D eigenvalue weighted by molar-refractivity contribution is 0.211. The van der Waals surface area contributed by atoms with Crippen LogP contribution >= 0.6 is 11.6 Å². The summed E-state index contributed by atoms with van der Waals surface area (Å²) in [6.45, 7) is 6.86. The molecule has 0 radical (unpaired) electrons. The van der Waals surface area contributed by atoms with Crippen LogP contribution in [0.4, 0.5) is 10.5 Å². The third-order valence-electron chi connectivity index (χ3n) is 3.03. The normalized spacial score (nSPS) is 11.1. The molecule has 23 heavy (non-hydrogen) atoms. The summed E-state index contributed by atoms with van der Waals surface area (Å²) in [5.41, 5.74) is 6.55. The number of rotatable bonds is 3. The van der Waals surface area contributed by atoms with Gasteiger partial charge in [-0.15, -0.1) is 0 Å². The molecule has 6 nitrogen and oxygen atoms in total. The lowest BCUT2D eigenvalue weighted by atomic mass is 9.96. The fourth-order valence-electron chi connectivity index (χ4n) is 2.04. The smallest absolute Gasteiger partial charge is 0.409 e. The minimum absolute atomic E-state index is 0.00739. The second-order valence-electron chi connectivity index (χ2n) is 6.30. The molecule has 0 aliphatic carbocycles. The van der Waals surface area contributed by atoms with Gasteiger partial charge in [-0.05, 0) is 11.5 Å². The van der Waals surface area contributed by atoms with Crippen molar-refractivity contribution < 1.29 is 9.53 Å². The van der Waals surface area contributed by atoms with E-state index in [1.807, 2.05) is 0 Å². The van der Waals surface area contributed by atoms with Crippen molar-refractivity contribution in [3.8, 4) is 11.8 Å². The first-order valence-electron chi connectivity index (χ1n) is 6.95. The van der Waals surface area contributed by atoms with Crippen molar-refractivity contribution in [3.63, 3.8) is 0 Å². The predicted octanol–water partition coefficient (Wildman–Crippen LogP) is 3.68. The Labute approximate surface area is 139 Å². The molecule has 0 fully saturated rings. The molecular formula is C16H17ClN4O2. The van der Waals surface area contributed by atoms with Gasteiger partial charge < -0.3 is 15.8 Å². The SMILES string of the molecule is CC(C)(C)CNc1c(C#N)cnc2c(Cl)cc(OC(N)=O)cc12. The molecule has 1 heterocycles. The molecule has 1 aromatic carbocycles. The van der Waals surface area contributed by atoms with Crippen LogP contribution in [0.3, 0.4) is 0 Å². The molecule has 2 rings (SSSR count). The van der Waals surface area contributed by atoms with Gasteiger partial charge in [-0.2, -0.15) is 5.26 Å². The number of primary amides is 1. The van der Waals surface area contributed by atoms with Crippen LogP contribution in [-0.2, 0) is 0 Å². The molecular weight excluding hydrogens is 316 g/mol. The Kier molecular flexibility index (Phi) is 4.62. The summed E-state index contributed by atoms with van der Waals surface area (Å²) in [5, 5.41) is 13.5. The Hall–Kier alpha value is -2.52. The quantitative estimate of drug-likeness (QED) is 0.892. The summed E-state index contributed by atoms with van der Waals surface area (Å²) < 4.78 is 4.89. The van der Waals surface area contributed by atoms with E-state index in [1.54, 1.807) is 6.07 Å². The molecule has 3 N–H and O–H groups in total. The number of nitrogens with two attached hydrogens (primary N) is 1. The zero-order valence-corrected chi connectivity index (χ0v) is 13.9. The van der Waals surface area contributed by atoms with Crippen molar-refractivity contribution in [1.29, 1.82) is 5.26 Å². The highest BCUT2D eigenvalue weighted by Gasteiger charge is 2.16. The van der Waals surface area contributed by atoms with Gasteiger partial charge in [0.1, 0.15) is 11.8 Å². The number of carbonyl (C=O) groups is 1. The third kappa shape index (κ3) is 4.02. The van der Waals surface area contributed by atoms with Crippen molar-refractivity contribution in [3.05, 3.63) is 28.9 Å². The number of ether oxygens (including phenoxy) is 1. The summed E-state index contributed by atoms with van der Waals surface area (Å²) >= 11 is 6.20. The molecule has 0 aliphatic rings. The van der Waals surface area contributed by atoms with E-state index in [0.29, 0.717) is 33.7 Å². The Morgan fingerprint density at radius 3 is 2.74 bits per heavy atom. The van der Waals surface area contributed by atoms with Crippen LogP contribution in [-0.4, -0.2) is 17.6 Å². The Morgan fingerprint density at radius 2 is 2.17 bits per heavy atom. The molecule has 0 saturated heterocycles. The predicted molar refractivity (Wildman–Crippen MR) is 89.6 cm³/mol. The molecule has 0 atom stereocenters. The van der Waals surface area contributed by atoms with E-state index >= 15 is 0 Å². The molecule has 1 amide bonds. The van der Waals surface area contributed by atoms with Crippen molar-refractivity contribution in [2.45, 2.75) is 20.8 Å². The second-order valence-corrected chi connectivity index (χ2v) is 6.70. The Bertz CT molecular complexity index is 806. The standard InChI is InChI=1S/C16H17ClN4O2/c1-16(2,3)8-21-13-9(6-18)7-20-14-11(13)4-10(5-12(14)17)23-15(19)22/h4-5,7H,8H2,1-3H3,(H2,19,22)(H,20,21). The fraction of sp³-hybridized carbons (Fsp3) is 0.312. The van der Waals surface area contributed by atoms with Gasteiger partial charge in [-0.1, -0.05) is 32.4 Å². The van der Waals surface area contributed by atoms with E-state index < -0.39 is 6.09 Å². The van der Waals surface area contributed by atoms with E-state index in [4.69, 9.17) is 22.1 Å². The Balaban J connectivity index is 2.62. The number of hydrogen-bond acceptors (Lipinski definition) is 5. The monoisotopic (exact) mass is 332 g/mol. The number of hydrogen-bond donors (Lipinski definition) is 2. The summed E-state index contributed by atoms with van der Waals surface area (Å²) in [7, 11) is 0.